The number of nitrogens with one attached hydrogen (secondary N) is 1. The molecule has 208 valence electrons. The maximum atomic E-state index is 13.5. The summed E-state index contributed by atoms with van der Waals surface area (Å²) in [6, 6.07) is 5.66. The third-order valence-electron chi connectivity index (χ3n) is 6.14. The number of halogens is 5. The van der Waals surface area contributed by atoms with Crippen molar-refractivity contribution in [3.05, 3.63) is 42.4 Å². The number of alkyl halides is 3. The number of nitrogens with zero attached hydrogens (tertiary/aromatic N) is 3. The highest BCUT2D eigenvalue weighted by atomic mass is 35.5. The molecule has 0 bridgehead atoms. The van der Waals surface area contributed by atoms with E-state index in [9.17, 15) is 31.6 Å². The normalized spacial score (nSPS) is 15.8. The molecule has 2 heterocycles. The molecule has 1 aromatic carbocycles. The summed E-state index contributed by atoms with van der Waals surface area (Å²) in [5.41, 5.74) is 2.58. The summed E-state index contributed by atoms with van der Waals surface area (Å²) in [6.07, 6.45) is -3.00. The van der Waals surface area contributed by atoms with E-state index in [1.807, 2.05) is 4.90 Å². The van der Waals surface area contributed by atoms with Crippen molar-refractivity contribution in [3.63, 3.8) is 0 Å². The number of carbonyl (C=O) groups excluding carboxylic acids is 1. The van der Waals surface area contributed by atoms with Gasteiger partial charge >= 0.3 is 6.18 Å². The van der Waals surface area contributed by atoms with Crippen LogP contribution in [0.3, 0.4) is 0 Å². The zero-order chi connectivity index (χ0) is 25.7. The third kappa shape index (κ3) is 7.74. The van der Waals surface area contributed by atoms with Crippen molar-refractivity contribution >= 4 is 40.6 Å². The minimum Gasteiger partial charge on any atom is -0.383 e. The number of aryl methyl sites for hydroxylation is 1. The zero-order valence-corrected chi connectivity index (χ0v) is 22.4. The fraction of sp³-hybridized carbons (Fsp3) is 0.500. The molecule has 1 aromatic heterocycles. The van der Waals surface area contributed by atoms with Crippen LogP contribution >= 0.6 is 24.8 Å². The summed E-state index contributed by atoms with van der Waals surface area (Å²) in [6.45, 7) is 1.74. The number of hydrogen-bond donors (Lipinski definition) is 2. The van der Waals surface area contributed by atoms with Gasteiger partial charge in [0.15, 0.2) is 14.6 Å². The van der Waals surface area contributed by atoms with E-state index < -0.39 is 33.1 Å². The van der Waals surface area contributed by atoms with Crippen molar-refractivity contribution in [2.24, 2.45) is 0 Å². The minimum atomic E-state index is -4.29. The number of likely N-dealkylation sites (tertiary alicyclic amines) is 1. The summed E-state index contributed by atoms with van der Waals surface area (Å²) >= 11 is 0. The molecule has 0 atom stereocenters. The molecular formula is C22H29Cl2F3N4O5S. The van der Waals surface area contributed by atoms with E-state index in [1.54, 1.807) is 7.11 Å². The lowest BCUT2D eigenvalue weighted by molar-refractivity contribution is -0.134. The summed E-state index contributed by atoms with van der Waals surface area (Å²) in [5, 5.41) is 9.29. The van der Waals surface area contributed by atoms with Crippen LogP contribution in [0.4, 0.5) is 13.2 Å². The molecule has 1 saturated heterocycles. The third-order valence-corrected chi connectivity index (χ3v) is 8.65. The van der Waals surface area contributed by atoms with E-state index in [2.05, 4.69) is 9.97 Å². The Morgan fingerprint density at radius 1 is 1.14 bits per heavy atom. The van der Waals surface area contributed by atoms with Gasteiger partial charge in [0, 0.05) is 44.9 Å². The fourth-order valence-electron chi connectivity index (χ4n) is 4.01. The number of hydrogen-bond acceptors (Lipinski definition) is 8. The highest BCUT2D eigenvalue weighted by Gasteiger charge is 2.52. The largest absolute Gasteiger partial charge is 0.389 e. The Labute approximate surface area is 225 Å². The van der Waals surface area contributed by atoms with Crippen LogP contribution in [0.15, 0.2) is 41.6 Å². The molecule has 1 aliphatic rings. The Hall–Kier alpha value is -2.03. The lowest BCUT2D eigenvalue weighted by atomic mass is 9.95. The van der Waals surface area contributed by atoms with E-state index in [0.717, 1.165) is 0 Å². The predicted octanol–water partition coefficient (Wildman–Crippen LogP) is 3.24. The molecule has 1 amide bonds. The van der Waals surface area contributed by atoms with Crippen molar-refractivity contribution in [3.8, 4) is 11.3 Å². The molecule has 2 aromatic rings. The van der Waals surface area contributed by atoms with Gasteiger partial charge in [-0.25, -0.2) is 13.9 Å². The molecule has 9 nitrogen and oxygen atoms in total. The maximum Gasteiger partial charge on any atom is 0.389 e. The average molecular weight is 589 g/mol. The van der Waals surface area contributed by atoms with Crippen LogP contribution in [-0.4, -0.2) is 78.7 Å². The molecule has 37 heavy (non-hydrogen) atoms. The van der Waals surface area contributed by atoms with Gasteiger partial charge in [0.2, 0.25) is 0 Å². The number of ether oxygens (including phenoxy) is 1. The number of aromatic nitrogens is 2. The lowest BCUT2D eigenvalue weighted by Crippen LogP contribution is -2.58. The smallest absolute Gasteiger partial charge is 0.383 e. The van der Waals surface area contributed by atoms with E-state index in [-0.39, 0.29) is 54.7 Å². The van der Waals surface area contributed by atoms with Gasteiger partial charge in [0.25, 0.3) is 5.91 Å². The first kappa shape index (κ1) is 33.0. The number of rotatable bonds is 9. The van der Waals surface area contributed by atoms with Gasteiger partial charge in [-0.1, -0.05) is 12.1 Å². The standard InChI is InChI=1S/C22H27F3N4O5S.2ClH/c1-34-13-12-29-10-8-21(9-11-29,20(30)28-31)35(32,33)18-4-2-16(3-5-18)19-15-26-17(14-27-19)6-7-22(23,24)25;;/h2-5,14-15,31H,6-13H2,1H3,(H,28,30);2*1H. The quantitative estimate of drug-likeness (QED) is 0.338. The molecule has 0 aliphatic carbocycles. The van der Waals surface area contributed by atoms with Gasteiger partial charge in [0.1, 0.15) is 0 Å². The molecule has 1 fully saturated rings. The highest BCUT2D eigenvalue weighted by Crippen LogP contribution is 2.36. The van der Waals surface area contributed by atoms with Crippen molar-refractivity contribution in [1.29, 1.82) is 0 Å². The fourth-order valence-corrected chi connectivity index (χ4v) is 5.97. The van der Waals surface area contributed by atoms with Crippen LogP contribution in [0, 0.1) is 0 Å². The number of amides is 1. The van der Waals surface area contributed by atoms with Gasteiger partial charge in [-0.05, 0) is 31.4 Å². The molecule has 0 radical (unpaired) electrons. The predicted molar refractivity (Wildman–Crippen MR) is 134 cm³/mol. The highest BCUT2D eigenvalue weighted by molar-refractivity contribution is 7.93. The second-order valence-electron chi connectivity index (χ2n) is 8.31. The molecule has 0 unspecified atom stereocenters. The first-order chi connectivity index (χ1) is 16.5. The average Bonchev–Trinajstić information content (AvgIpc) is 2.86. The van der Waals surface area contributed by atoms with Crippen molar-refractivity contribution in [1.82, 2.24) is 20.3 Å². The molecule has 15 heteroatoms. The van der Waals surface area contributed by atoms with E-state index in [4.69, 9.17) is 4.74 Å². The molecular weight excluding hydrogens is 560 g/mol. The van der Waals surface area contributed by atoms with Crippen LogP contribution in [0.25, 0.3) is 11.3 Å². The molecule has 2 N–H and O–H groups in total. The Bertz CT molecular complexity index is 1110. The monoisotopic (exact) mass is 588 g/mol. The molecule has 3 rings (SSSR count). The summed E-state index contributed by atoms with van der Waals surface area (Å²) < 4.78 is 67.4. The Kier molecular flexibility index (Phi) is 12.2. The summed E-state index contributed by atoms with van der Waals surface area (Å²) in [5.74, 6) is -0.978. The van der Waals surface area contributed by atoms with E-state index in [0.29, 0.717) is 37.5 Å². The SMILES string of the molecule is COCCN1CCC(C(=O)NO)(S(=O)(=O)c2ccc(-c3cnc(CCC(F)(F)F)cn3)cc2)CC1.Cl.Cl. The zero-order valence-electron chi connectivity index (χ0n) is 19.9. The van der Waals surface area contributed by atoms with Crippen molar-refractivity contribution < 1.29 is 36.3 Å². The topological polar surface area (TPSA) is 122 Å². The second kappa shape index (κ2) is 13.7. The van der Waals surface area contributed by atoms with Crippen molar-refractivity contribution in [2.45, 2.75) is 41.5 Å². The molecule has 0 spiro atoms. The van der Waals surface area contributed by atoms with E-state index in [1.165, 1.54) is 42.1 Å². The second-order valence-corrected chi connectivity index (χ2v) is 10.6. The maximum absolute atomic E-state index is 13.5. The van der Waals surface area contributed by atoms with Gasteiger partial charge in [-0.3, -0.25) is 20.0 Å². The van der Waals surface area contributed by atoms with E-state index >= 15 is 0 Å². The Morgan fingerprint density at radius 2 is 1.76 bits per heavy atom. The van der Waals surface area contributed by atoms with Crippen LogP contribution < -0.4 is 5.48 Å². The van der Waals surface area contributed by atoms with Crippen LogP contribution in [0.5, 0.6) is 0 Å². The Balaban J connectivity index is 0.00000342. The van der Waals surface area contributed by atoms with Crippen molar-refractivity contribution in [2.75, 3.05) is 33.4 Å². The van der Waals surface area contributed by atoms with Crippen LogP contribution in [0.2, 0.25) is 0 Å². The van der Waals surface area contributed by atoms with Crippen LogP contribution in [0.1, 0.15) is 25.0 Å². The van der Waals surface area contributed by atoms with Gasteiger partial charge in [0.05, 0.1) is 29.1 Å². The first-order valence-corrected chi connectivity index (χ1v) is 12.4. The number of carbonyl (C=O) groups is 1. The number of hydroxylamine groups is 1. The first-order valence-electron chi connectivity index (χ1n) is 10.9. The number of benzene rings is 1. The van der Waals surface area contributed by atoms with Crippen LogP contribution in [-0.2, 0) is 25.8 Å². The number of piperidine rings is 1. The minimum absolute atomic E-state index is 0. The summed E-state index contributed by atoms with van der Waals surface area (Å²) in [4.78, 5) is 22.6. The van der Waals surface area contributed by atoms with Gasteiger partial charge in [-0.2, -0.15) is 13.2 Å². The van der Waals surface area contributed by atoms with Gasteiger partial charge < -0.3 is 9.64 Å². The number of sulfone groups is 1. The van der Waals surface area contributed by atoms with Gasteiger partial charge in [-0.15, -0.1) is 24.8 Å². The Morgan fingerprint density at radius 3 is 2.24 bits per heavy atom. The lowest BCUT2D eigenvalue weighted by Gasteiger charge is -2.39. The summed E-state index contributed by atoms with van der Waals surface area (Å²) in [7, 11) is -2.61. The molecule has 0 saturated carbocycles. The number of methoxy groups -OCH3 is 1. The molecule has 1 aliphatic heterocycles.